The molecule has 0 spiro atoms. The molecule has 28 heavy (non-hydrogen) atoms. The molecule has 1 unspecified atom stereocenters. The van der Waals surface area contributed by atoms with E-state index in [1.807, 2.05) is 37.3 Å². The molecule has 0 bridgehead atoms. The Hall–Kier alpha value is -2.88. The molecule has 0 radical (unpaired) electrons. The van der Waals surface area contributed by atoms with E-state index in [9.17, 15) is 4.79 Å². The summed E-state index contributed by atoms with van der Waals surface area (Å²) in [5.74, 6) is 1.96. The molecule has 1 aromatic heterocycles. The molecule has 1 N–H and O–H groups in total. The van der Waals surface area contributed by atoms with Crippen molar-refractivity contribution in [3.8, 4) is 11.3 Å². The second-order valence-corrected chi connectivity index (χ2v) is 7.61. The highest BCUT2D eigenvalue weighted by molar-refractivity contribution is 5.76. The molecule has 0 fully saturated rings. The highest BCUT2D eigenvalue weighted by atomic mass is 16.4. The highest BCUT2D eigenvalue weighted by Crippen LogP contribution is 2.22. The van der Waals surface area contributed by atoms with E-state index in [4.69, 9.17) is 4.42 Å². The molecule has 0 aliphatic carbocycles. The fourth-order valence-electron chi connectivity index (χ4n) is 3.19. The standard InChI is InChI=1S/C24H28N2O2/c1-17(2)15-19-9-11-21(12-10-19)22-16-25-24(28-22)14-13-23(27)26-18(3)20-7-5-4-6-8-20/h4-12,16-18H,13-15H2,1-3H3,(H,26,27). The fraction of sp³-hybridized carbons (Fsp3) is 0.333. The second kappa shape index (κ2) is 9.36. The van der Waals surface area contributed by atoms with E-state index in [1.165, 1.54) is 5.56 Å². The summed E-state index contributed by atoms with van der Waals surface area (Å²) in [6.45, 7) is 6.42. The number of nitrogens with zero attached hydrogens (tertiary/aromatic N) is 1. The Bertz CT molecular complexity index is 882. The van der Waals surface area contributed by atoms with Crippen molar-refractivity contribution in [3.63, 3.8) is 0 Å². The van der Waals surface area contributed by atoms with E-state index in [2.05, 4.69) is 48.4 Å². The molecule has 4 heteroatoms. The van der Waals surface area contributed by atoms with Crippen molar-refractivity contribution in [2.24, 2.45) is 5.92 Å². The monoisotopic (exact) mass is 376 g/mol. The van der Waals surface area contributed by atoms with Crippen LogP contribution in [0, 0.1) is 5.92 Å². The Morgan fingerprint density at radius 2 is 1.75 bits per heavy atom. The molecule has 1 amide bonds. The van der Waals surface area contributed by atoms with Crippen LogP contribution in [0.2, 0.25) is 0 Å². The average Bonchev–Trinajstić information content (AvgIpc) is 3.16. The Morgan fingerprint density at radius 3 is 2.43 bits per heavy atom. The summed E-state index contributed by atoms with van der Waals surface area (Å²) in [4.78, 5) is 16.5. The maximum atomic E-state index is 12.2. The number of aryl methyl sites for hydroxylation is 1. The molecular weight excluding hydrogens is 348 g/mol. The highest BCUT2D eigenvalue weighted by Gasteiger charge is 2.12. The van der Waals surface area contributed by atoms with Crippen molar-refractivity contribution in [3.05, 3.63) is 77.8 Å². The summed E-state index contributed by atoms with van der Waals surface area (Å²) >= 11 is 0. The molecule has 146 valence electrons. The van der Waals surface area contributed by atoms with Crippen LogP contribution in [0.5, 0.6) is 0 Å². The zero-order valence-corrected chi connectivity index (χ0v) is 16.8. The van der Waals surface area contributed by atoms with Crippen LogP contribution in [0.25, 0.3) is 11.3 Å². The van der Waals surface area contributed by atoms with E-state index in [0.717, 1.165) is 23.3 Å². The maximum Gasteiger partial charge on any atom is 0.220 e. The minimum Gasteiger partial charge on any atom is -0.441 e. The lowest BCUT2D eigenvalue weighted by Gasteiger charge is -2.13. The Kier molecular flexibility index (Phi) is 6.64. The van der Waals surface area contributed by atoms with Crippen LogP contribution < -0.4 is 5.32 Å². The average molecular weight is 377 g/mol. The van der Waals surface area contributed by atoms with Crippen LogP contribution in [-0.2, 0) is 17.6 Å². The summed E-state index contributed by atoms with van der Waals surface area (Å²) in [5, 5.41) is 3.02. The molecular formula is C24H28N2O2. The van der Waals surface area contributed by atoms with E-state index in [1.54, 1.807) is 6.20 Å². The van der Waals surface area contributed by atoms with Gasteiger partial charge in [0.1, 0.15) is 0 Å². The normalized spacial score (nSPS) is 12.1. The smallest absolute Gasteiger partial charge is 0.220 e. The quantitative estimate of drug-likeness (QED) is 0.576. The SMILES string of the molecule is CC(C)Cc1ccc(-c2cnc(CCC(=O)NC(C)c3ccccc3)o2)cc1. The van der Waals surface area contributed by atoms with Gasteiger partial charge in [-0.1, -0.05) is 68.4 Å². The predicted octanol–water partition coefficient (Wildman–Crippen LogP) is 5.35. The van der Waals surface area contributed by atoms with Gasteiger partial charge in [-0.15, -0.1) is 0 Å². The van der Waals surface area contributed by atoms with Gasteiger partial charge in [0.25, 0.3) is 0 Å². The Morgan fingerprint density at radius 1 is 1.04 bits per heavy atom. The van der Waals surface area contributed by atoms with E-state index in [0.29, 0.717) is 24.7 Å². The third-order valence-corrected chi connectivity index (χ3v) is 4.68. The summed E-state index contributed by atoms with van der Waals surface area (Å²) in [6.07, 6.45) is 3.64. The van der Waals surface area contributed by atoms with Gasteiger partial charge >= 0.3 is 0 Å². The third-order valence-electron chi connectivity index (χ3n) is 4.68. The first-order chi connectivity index (χ1) is 13.5. The lowest BCUT2D eigenvalue weighted by Crippen LogP contribution is -2.26. The summed E-state index contributed by atoms with van der Waals surface area (Å²) in [6, 6.07) is 18.3. The number of carbonyl (C=O) groups excluding carboxylic acids is 1. The first kappa shape index (κ1) is 19.9. The largest absolute Gasteiger partial charge is 0.441 e. The Balaban J connectivity index is 1.52. The first-order valence-corrected chi connectivity index (χ1v) is 9.89. The van der Waals surface area contributed by atoms with Gasteiger partial charge in [0.2, 0.25) is 5.91 Å². The molecule has 4 nitrogen and oxygen atoms in total. The lowest BCUT2D eigenvalue weighted by molar-refractivity contribution is -0.121. The van der Waals surface area contributed by atoms with Crippen molar-refractivity contribution < 1.29 is 9.21 Å². The second-order valence-electron chi connectivity index (χ2n) is 7.61. The van der Waals surface area contributed by atoms with Crippen molar-refractivity contribution in [1.82, 2.24) is 10.3 Å². The maximum absolute atomic E-state index is 12.2. The molecule has 3 rings (SSSR count). The first-order valence-electron chi connectivity index (χ1n) is 9.89. The number of benzene rings is 2. The zero-order valence-electron chi connectivity index (χ0n) is 16.8. The van der Waals surface area contributed by atoms with Crippen LogP contribution in [0.4, 0.5) is 0 Å². The number of aromatic nitrogens is 1. The van der Waals surface area contributed by atoms with Gasteiger partial charge in [-0.05, 0) is 30.4 Å². The zero-order chi connectivity index (χ0) is 19.9. The molecule has 1 atom stereocenters. The van der Waals surface area contributed by atoms with Gasteiger partial charge in [0, 0.05) is 18.4 Å². The van der Waals surface area contributed by atoms with Crippen molar-refractivity contribution in [2.75, 3.05) is 0 Å². The van der Waals surface area contributed by atoms with Crippen LogP contribution in [0.15, 0.2) is 65.2 Å². The molecule has 0 saturated heterocycles. The van der Waals surface area contributed by atoms with Crippen LogP contribution >= 0.6 is 0 Å². The van der Waals surface area contributed by atoms with E-state index in [-0.39, 0.29) is 11.9 Å². The molecule has 1 heterocycles. The third kappa shape index (κ3) is 5.56. The van der Waals surface area contributed by atoms with Crippen LogP contribution in [0.3, 0.4) is 0 Å². The topological polar surface area (TPSA) is 55.1 Å². The molecule has 0 saturated carbocycles. The van der Waals surface area contributed by atoms with Gasteiger partial charge in [0.15, 0.2) is 11.7 Å². The van der Waals surface area contributed by atoms with Crippen molar-refractivity contribution in [1.29, 1.82) is 0 Å². The fourth-order valence-corrected chi connectivity index (χ4v) is 3.19. The number of rotatable bonds is 8. The van der Waals surface area contributed by atoms with Crippen LogP contribution in [-0.4, -0.2) is 10.9 Å². The van der Waals surface area contributed by atoms with Gasteiger partial charge in [-0.2, -0.15) is 0 Å². The lowest BCUT2D eigenvalue weighted by atomic mass is 10.0. The van der Waals surface area contributed by atoms with E-state index < -0.39 is 0 Å². The van der Waals surface area contributed by atoms with Crippen molar-refractivity contribution >= 4 is 5.91 Å². The number of hydrogen-bond donors (Lipinski definition) is 1. The molecule has 3 aromatic rings. The molecule has 0 aliphatic rings. The number of hydrogen-bond acceptors (Lipinski definition) is 3. The number of oxazole rings is 1. The molecule has 0 aliphatic heterocycles. The van der Waals surface area contributed by atoms with Gasteiger partial charge in [-0.25, -0.2) is 4.98 Å². The van der Waals surface area contributed by atoms with Gasteiger partial charge in [-0.3, -0.25) is 4.79 Å². The van der Waals surface area contributed by atoms with Crippen molar-refractivity contribution in [2.45, 2.75) is 46.1 Å². The number of carbonyl (C=O) groups is 1. The minimum absolute atomic E-state index is 0.00542. The van der Waals surface area contributed by atoms with Gasteiger partial charge in [0.05, 0.1) is 12.2 Å². The predicted molar refractivity (Wildman–Crippen MR) is 112 cm³/mol. The van der Waals surface area contributed by atoms with Gasteiger partial charge < -0.3 is 9.73 Å². The summed E-state index contributed by atoms with van der Waals surface area (Å²) in [5.41, 5.74) is 3.42. The minimum atomic E-state index is -0.0156. The van der Waals surface area contributed by atoms with Crippen LogP contribution in [0.1, 0.15) is 50.3 Å². The number of nitrogens with one attached hydrogen (secondary N) is 1. The number of amides is 1. The van der Waals surface area contributed by atoms with E-state index >= 15 is 0 Å². The summed E-state index contributed by atoms with van der Waals surface area (Å²) in [7, 11) is 0. The Labute approximate surface area is 167 Å². The summed E-state index contributed by atoms with van der Waals surface area (Å²) < 4.78 is 5.84. The molecule has 2 aromatic carbocycles.